The van der Waals surface area contributed by atoms with Crippen LogP contribution < -0.4 is 0 Å². The molecule has 9 heteroatoms. The third kappa shape index (κ3) is 8.77. The SMILES string of the molecule is CCOC(=O)/C=C/[C@H](OC(=N)C(Cl)(Cl)Cl)[C@@H](C)O[Si](C)(C)C(C)(C)C. The van der Waals surface area contributed by atoms with Gasteiger partial charge in [-0.3, -0.25) is 5.41 Å². The first-order valence-electron chi connectivity index (χ1n) is 7.97. The summed E-state index contributed by atoms with van der Waals surface area (Å²) >= 11 is 17.1. The van der Waals surface area contributed by atoms with E-state index in [4.69, 9.17) is 54.1 Å². The van der Waals surface area contributed by atoms with Gasteiger partial charge in [0.15, 0.2) is 8.32 Å². The Bertz CT molecular complexity index is 499. The van der Waals surface area contributed by atoms with Crippen LogP contribution in [0.15, 0.2) is 12.2 Å². The van der Waals surface area contributed by atoms with Crippen molar-refractivity contribution in [3.63, 3.8) is 0 Å². The maximum atomic E-state index is 11.6. The molecule has 0 unspecified atom stereocenters. The second-order valence-corrected chi connectivity index (χ2v) is 14.1. The van der Waals surface area contributed by atoms with Crippen LogP contribution in [0, 0.1) is 5.41 Å². The molecule has 25 heavy (non-hydrogen) atoms. The maximum Gasteiger partial charge on any atom is 0.330 e. The quantitative estimate of drug-likeness (QED) is 0.149. The Kier molecular flexibility index (Phi) is 9.50. The van der Waals surface area contributed by atoms with Crippen molar-refractivity contribution >= 4 is 55.0 Å². The zero-order valence-electron chi connectivity index (χ0n) is 15.8. The molecule has 0 fully saturated rings. The van der Waals surface area contributed by atoms with Crippen molar-refractivity contribution in [3.05, 3.63) is 12.2 Å². The molecule has 2 atom stereocenters. The largest absolute Gasteiger partial charge is 0.468 e. The predicted molar refractivity (Wildman–Crippen MR) is 106 cm³/mol. The van der Waals surface area contributed by atoms with E-state index in [9.17, 15) is 4.79 Å². The molecule has 0 aliphatic rings. The Morgan fingerprint density at radius 2 is 1.76 bits per heavy atom. The van der Waals surface area contributed by atoms with E-state index < -0.39 is 36.2 Å². The Morgan fingerprint density at radius 3 is 2.16 bits per heavy atom. The summed E-state index contributed by atoms with van der Waals surface area (Å²) in [5.41, 5.74) is 0. The van der Waals surface area contributed by atoms with E-state index in [1.807, 2.05) is 0 Å². The van der Waals surface area contributed by atoms with Crippen molar-refractivity contribution in [1.82, 2.24) is 0 Å². The van der Waals surface area contributed by atoms with Gasteiger partial charge < -0.3 is 13.9 Å². The second kappa shape index (κ2) is 9.60. The summed E-state index contributed by atoms with van der Waals surface area (Å²) in [6, 6.07) is 0. The third-order valence-corrected chi connectivity index (χ3v) is 9.06. The summed E-state index contributed by atoms with van der Waals surface area (Å²) in [5, 5.41) is 7.76. The first-order chi connectivity index (χ1) is 11.1. The van der Waals surface area contributed by atoms with Crippen LogP contribution in [0.2, 0.25) is 18.1 Å². The van der Waals surface area contributed by atoms with Gasteiger partial charge in [-0.2, -0.15) is 0 Å². The Labute approximate surface area is 166 Å². The van der Waals surface area contributed by atoms with E-state index in [1.165, 1.54) is 12.2 Å². The molecule has 0 aromatic carbocycles. The average Bonchev–Trinajstić information content (AvgIpc) is 2.40. The fourth-order valence-electron chi connectivity index (χ4n) is 1.57. The Hall–Kier alpha value is -0.273. The monoisotopic (exact) mass is 431 g/mol. The number of carbonyl (C=O) groups is 1. The average molecular weight is 433 g/mol. The van der Waals surface area contributed by atoms with Crippen LogP contribution in [0.1, 0.15) is 34.6 Å². The standard InChI is InChI=1S/C16H28Cl3NO4Si/c1-8-22-13(21)10-9-12(23-14(20)16(17,18)19)11(2)24-25(6,7)15(3,4)5/h9-12,20H,8H2,1-7H3/b10-9+,20-14?/t11-,12+/m1/s1. The molecular formula is C16H28Cl3NO4Si. The topological polar surface area (TPSA) is 68.6 Å². The van der Waals surface area contributed by atoms with E-state index in [0.29, 0.717) is 0 Å². The van der Waals surface area contributed by atoms with Gasteiger partial charge >= 0.3 is 5.97 Å². The number of rotatable bonds is 7. The minimum Gasteiger partial charge on any atom is -0.468 e. The molecule has 0 radical (unpaired) electrons. The van der Waals surface area contributed by atoms with Crippen LogP contribution in [0.25, 0.3) is 0 Å². The van der Waals surface area contributed by atoms with Gasteiger partial charge in [0.25, 0.3) is 3.79 Å². The number of hydrogen-bond donors (Lipinski definition) is 1. The maximum absolute atomic E-state index is 11.6. The van der Waals surface area contributed by atoms with E-state index in [0.717, 1.165) is 0 Å². The van der Waals surface area contributed by atoms with Gasteiger partial charge in [-0.15, -0.1) is 0 Å². The molecule has 1 N–H and O–H groups in total. The molecule has 0 rings (SSSR count). The fraction of sp³-hybridized carbons (Fsp3) is 0.750. The number of alkyl halides is 3. The highest BCUT2D eigenvalue weighted by atomic mass is 35.6. The molecule has 0 spiro atoms. The molecular weight excluding hydrogens is 405 g/mol. The van der Waals surface area contributed by atoms with E-state index >= 15 is 0 Å². The van der Waals surface area contributed by atoms with Gasteiger partial charge in [-0.25, -0.2) is 4.79 Å². The van der Waals surface area contributed by atoms with Gasteiger partial charge in [0.05, 0.1) is 12.7 Å². The minimum atomic E-state index is -2.10. The molecule has 5 nitrogen and oxygen atoms in total. The third-order valence-electron chi connectivity index (χ3n) is 3.97. The van der Waals surface area contributed by atoms with Crippen molar-refractivity contribution in [2.75, 3.05) is 6.61 Å². The molecule has 0 saturated carbocycles. The first-order valence-corrected chi connectivity index (χ1v) is 12.0. The number of ether oxygens (including phenoxy) is 2. The normalized spacial score (nSPS) is 15.8. The van der Waals surface area contributed by atoms with E-state index in [2.05, 4.69) is 33.9 Å². The summed E-state index contributed by atoms with van der Waals surface area (Å²) in [5.74, 6) is -1.06. The molecule has 0 saturated heterocycles. The van der Waals surface area contributed by atoms with Crippen molar-refractivity contribution in [2.45, 2.75) is 68.8 Å². The minimum absolute atomic E-state index is 0.0145. The second-order valence-electron chi connectivity index (χ2n) is 7.10. The Morgan fingerprint density at radius 1 is 1.24 bits per heavy atom. The summed E-state index contributed by atoms with van der Waals surface area (Å²) < 4.78 is 14.6. The number of nitrogens with one attached hydrogen (secondary N) is 1. The molecule has 0 aromatic heterocycles. The highest BCUT2D eigenvalue weighted by molar-refractivity contribution is 6.76. The van der Waals surface area contributed by atoms with E-state index in [-0.39, 0.29) is 11.6 Å². The molecule has 0 bridgehead atoms. The summed E-state index contributed by atoms with van der Waals surface area (Å²) in [7, 11) is -2.10. The van der Waals surface area contributed by atoms with Crippen molar-refractivity contribution in [3.8, 4) is 0 Å². The van der Waals surface area contributed by atoms with Crippen LogP contribution in [0.4, 0.5) is 0 Å². The number of halogens is 3. The van der Waals surface area contributed by atoms with Gasteiger partial charge in [0.2, 0.25) is 5.90 Å². The number of hydrogen-bond acceptors (Lipinski definition) is 5. The van der Waals surface area contributed by atoms with Crippen LogP contribution in [0.5, 0.6) is 0 Å². The summed E-state index contributed by atoms with van der Waals surface area (Å²) in [4.78, 5) is 11.6. The lowest BCUT2D eigenvalue weighted by atomic mass is 10.2. The van der Waals surface area contributed by atoms with Crippen LogP contribution >= 0.6 is 34.8 Å². The lowest BCUT2D eigenvalue weighted by molar-refractivity contribution is -0.137. The van der Waals surface area contributed by atoms with Crippen LogP contribution in [-0.2, 0) is 18.7 Å². The van der Waals surface area contributed by atoms with Gasteiger partial charge in [-0.05, 0) is 38.1 Å². The molecule has 0 heterocycles. The molecule has 0 aromatic rings. The van der Waals surface area contributed by atoms with Crippen molar-refractivity contribution in [2.24, 2.45) is 0 Å². The van der Waals surface area contributed by atoms with Crippen molar-refractivity contribution < 1.29 is 18.7 Å². The fourth-order valence-corrected chi connectivity index (χ4v) is 3.12. The number of esters is 1. The van der Waals surface area contributed by atoms with Crippen molar-refractivity contribution in [1.29, 1.82) is 5.41 Å². The molecule has 146 valence electrons. The van der Waals surface area contributed by atoms with Gasteiger partial charge in [-0.1, -0.05) is 55.6 Å². The van der Waals surface area contributed by atoms with Gasteiger partial charge in [0.1, 0.15) is 6.10 Å². The highest BCUT2D eigenvalue weighted by Crippen LogP contribution is 2.38. The predicted octanol–water partition coefficient (Wildman–Crippen LogP) is 5.25. The lowest BCUT2D eigenvalue weighted by Crippen LogP contribution is -2.47. The molecule has 0 amide bonds. The van der Waals surface area contributed by atoms with Crippen LogP contribution in [-0.4, -0.2) is 42.8 Å². The molecule has 0 aliphatic heterocycles. The summed E-state index contributed by atoms with van der Waals surface area (Å²) in [6.45, 7) is 14.3. The highest BCUT2D eigenvalue weighted by Gasteiger charge is 2.40. The smallest absolute Gasteiger partial charge is 0.330 e. The van der Waals surface area contributed by atoms with Gasteiger partial charge in [0, 0.05) is 6.08 Å². The zero-order chi connectivity index (χ0) is 20.1. The Balaban J connectivity index is 5.36. The van der Waals surface area contributed by atoms with Crippen LogP contribution in [0.3, 0.4) is 0 Å². The lowest BCUT2D eigenvalue weighted by Gasteiger charge is -2.40. The molecule has 0 aliphatic carbocycles. The first kappa shape index (κ1) is 24.7. The number of carbonyl (C=O) groups excluding carboxylic acids is 1. The zero-order valence-corrected chi connectivity index (χ0v) is 19.1. The summed E-state index contributed by atoms with van der Waals surface area (Å²) in [6.07, 6.45) is 1.45. The van der Waals surface area contributed by atoms with E-state index in [1.54, 1.807) is 13.8 Å².